The van der Waals surface area contributed by atoms with Gasteiger partial charge in [-0.05, 0) is 18.1 Å². The van der Waals surface area contributed by atoms with Crippen molar-refractivity contribution in [3.63, 3.8) is 0 Å². The van der Waals surface area contributed by atoms with Crippen molar-refractivity contribution in [2.45, 2.75) is 32.6 Å². The van der Waals surface area contributed by atoms with E-state index in [0.29, 0.717) is 18.0 Å². The summed E-state index contributed by atoms with van der Waals surface area (Å²) < 4.78 is 1.52. The van der Waals surface area contributed by atoms with Gasteiger partial charge < -0.3 is 10.3 Å². The predicted octanol–water partition coefficient (Wildman–Crippen LogP) is 2.85. The Balaban J connectivity index is 1.61. The number of anilines is 1. The number of hydrogen-bond acceptors (Lipinski definition) is 4. The lowest BCUT2D eigenvalue weighted by Crippen LogP contribution is -2.20. The molecule has 0 aliphatic carbocycles. The predicted molar refractivity (Wildman–Crippen MR) is 103 cm³/mol. The third-order valence-corrected chi connectivity index (χ3v) is 4.53. The van der Waals surface area contributed by atoms with E-state index in [9.17, 15) is 4.79 Å². The van der Waals surface area contributed by atoms with E-state index in [1.54, 1.807) is 6.20 Å². The van der Waals surface area contributed by atoms with Crippen LogP contribution in [0.3, 0.4) is 0 Å². The lowest BCUT2D eigenvalue weighted by molar-refractivity contribution is 0.565. The molecule has 0 unspecified atom stereocenters. The van der Waals surface area contributed by atoms with Crippen molar-refractivity contribution in [2.75, 3.05) is 11.9 Å². The van der Waals surface area contributed by atoms with Crippen LogP contribution in [0.4, 0.5) is 5.82 Å². The summed E-state index contributed by atoms with van der Waals surface area (Å²) >= 11 is 0. The highest BCUT2D eigenvalue weighted by Gasteiger charge is 2.20. The van der Waals surface area contributed by atoms with Crippen molar-refractivity contribution in [3.8, 4) is 0 Å². The van der Waals surface area contributed by atoms with Gasteiger partial charge in [-0.3, -0.25) is 0 Å². The molecular formula is C19H22N6O. The van der Waals surface area contributed by atoms with Crippen LogP contribution in [0, 0.1) is 0 Å². The van der Waals surface area contributed by atoms with Crippen LogP contribution in [-0.2, 0) is 11.8 Å². The van der Waals surface area contributed by atoms with Gasteiger partial charge in [0.2, 0.25) is 5.65 Å². The van der Waals surface area contributed by atoms with Gasteiger partial charge in [0.15, 0.2) is 5.82 Å². The van der Waals surface area contributed by atoms with Gasteiger partial charge in [0, 0.05) is 35.3 Å². The van der Waals surface area contributed by atoms with Crippen LogP contribution in [-0.4, -0.2) is 31.1 Å². The lowest BCUT2D eigenvalue weighted by atomic mass is 9.93. The molecule has 0 aliphatic rings. The Hall–Kier alpha value is -3.09. The molecule has 0 radical (unpaired) electrons. The second-order valence-electron chi connectivity index (χ2n) is 7.48. The molecule has 1 aromatic carbocycles. The molecule has 3 aromatic heterocycles. The van der Waals surface area contributed by atoms with Crippen LogP contribution in [0.25, 0.3) is 16.6 Å². The fraction of sp³-hybridized carbons (Fsp3) is 0.316. The Kier molecular flexibility index (Phi) is 3.79. The van der Waals surface area contributed by atoms with Gasteiger partial charge in [0.25, 0.3) is 0 Å². The van der Waals surface area contributed by atoms with E-state index in [2.05, 4.69) is 53.4 Å². The molecule has 26 heavy (non-hydrogen) atoms. The van der Waals surface area contributed by atoms with Crippen LogP contribution in [0.5, 0.6) is 0 Å². The fourth-order valence-corrected chi connectivity index (χ4v) is 3.05. The van der Waals surface area contributed by atoms with Crippen LogP contribution < -0.4 is 11.0 Å². The average molecular weight is 350 g/mol. The molecule has 0 atom stereocenters. The third-order valence-electron chi connectivity index (χ3n) is 4.53. The number of aromatic amines is 2. The first-order valence-corrected chi connectivity index (χ1v) is 8.70. The zero-order valence-corrected chi connectivity index (χ0v) is 15.1. The van der Waals surface area contributed by atoms with Gasteiger partial charge in [-0.2, -0.15) is 0 Å². The monoisotopic (exact) mass is 350 g/mol. The summed E-state index contributed by atoms with van der Waals surface area (Å²) in [6.45, 7) is 6.91. The number of rotatable bonds is 4. The van der Waals surface area contributed by atoms with Crippen molar-refractivity contribution in [3.05, 3.63) is 58.4 Å². The zero-order chi connectivity index (χ0) is 18.3. The number of hydrogen-bond donors (Lipinski definition) is 3. The number of nitrogens with zero attached hydrogens (tertiary/aromatic N) is 3. The number of nitrogens with one attached hydrogen (secondary N) is 3. The third kappa shape index (κ3) is 2.85. The van der Waals surface area contributed by atoms with Gasteiger partial charge in [0.1, 0.15) is 0 Å². The van der Waals surface area contributed by atoms with E-state index in [4.69, 9.17) is 4.98 Å². The highest BCUT2D eigenvalue weighted by Crippen LogP contribution is 2.23. The summed E-state index contributed by atoms with van der Waals surface area (Å²) in [5.41, 5.74) is 3.31. The quantitative estimate of drug-likeness (QED) is 0.528. The van der Waals surface area contributed by atoms with Crippen molar-refractivity contribution in [1.29, 1.82) is 0 Å². The highest BCUT2D eigenvalue weighted by atomic mass is 16.1. The minimum atomic E-state index is -0.257. The molecule has 4 aromatic rings. The standard InChI is InChI=1S/C19H22N6O/c1-19(2,3)15-11-25-17(23-24-18(25)26)16(22-15)20-9-8-12-10-21-14-7-5-4-6-13(12)14/h4-7,10-11,21H,8-9H2,1-3H3,(H,20,22)(H,24,26). The van der Waals surface area contributed by atoms with E-state index in [0.717, 1.165) is 17.6 Å². The number of para-hydroxylation sites is 1. The molecule has 0 aliphatic heterocycles. The van der Waals surface area contributed by atoms with Gasteiger partial charge >= 0.3 is 5.69 Å². The summed E-state index contributed by atoms with van der Waals surface area (Å²) in [5.74, 6) is 0.621. The van der Waals surface area contributed by atoms with Crippen molar-refractivity contribution < 1.29 is 0 Å². The number of aromatic nitrogens is 5. The molecule has 7 heteroatoms. The van der Waals surface area contributed by atoms with Crippen LogP contribution >= 0.6 is 0 Å². The normalized spacial score (nSPS) is 12.1. The summed E-state index contributed by atoms with van der Waals surface area (Å²) in [6, 6.07) is 8.25. The topological polar surface area (TPSA) is 90.9 Å². The SMILES string of the molecule is CC(C)(C)c1cn2c(=O)[nH]nc2c(NCCc2c[nH]c3ccccc23)n1. The number of benzene rings is 1. The van der Waals surface area contributed by atoms with E-state index < -0.39 is 0 Å². The van der Waals surface area contributed by atoms with Gasteiger partial charge in [-0.25, -0.2) is 19.3 Å². The van der Waals surface area contributed by atoms with Crippen molar-refractivity contribution >= 4 is 22.4 Å². The molecule has 4 rings (SSSR count). The first-order chi connectivity index (χ1) is 12.4. The number of fused-ring (bicyclic) bond motifs is 2. The largest absolute Gasteiger partial charge is 0.367 e. The van der Waals surface area contributed by atoms with E-state index in [1.807, 2.05) is 18.3 Å². The first kappa shape index (κ1) is 16.4. The Morgan fingerprint density at radius 1 is 1.23 bits per heavy atom. The Morgan fingerprint density at radius 2 is 2.04 bits per heavy atom. The van der Waals surface area contributed by atoms with Crippen LogP contribution in [0.1, 0.15) is 32.0 Å². The molecule has 0 saturated heterocycles. The van der Waals surface area contributed by atoms with E-state index in [1.165, 1.54) is 15.4 Å². The van der Waals surface area contributed by atoms with Gasteiger partial charge in [0.05, 0.1) is 5.69 Å². The summed E-state index contributed by atoms with van der Waals surface area (Å²) in [4.78, 5) is 20.0. The van der Waals surface area contributed by atoms with Crippen molar-refractivity contribution in [2.24, 2.45) is 0 Å². The lowest BCUT2D eigenvalue weighted by Gasteiger charge is -2.19. The smallest absolute Gasteiger partial charge is 0.347 e. The number of H-pyrrole nitrogens is 2. The average Bonchev–Trinajstić information content (AvgIpc) is 3.19. The maximum Gasteiger partial charge on any atom is 0.347 e. The Morgan fingerprint density at radius 3 is 2.85 bits per heavy atom. The van der Waals surface area contributed by atoms with E-state index in [-0.39, 0.29) is 11.1 Å². The molecule has 0 fully saturated rings. The van der Waals surface area contributed by atoms with Crippen LogP contribution in [0.15, 0.2) is 41.5 Å². The fourth-order valence-electron chi connectivity index (χ4n) is 3.05. The molecule has 3 heterocycles. The molecule has 0 saturated carbocycles. The van der Waals surface area contributed by atoms with Gasteiger partial charge in [-0.15, -0.1) is 5.10 Å². The summed E-state index contributed by atoms with van der Waals surface area (Å²) in [5, 5.41) is 11.2. The molecule has 3 N–H and O–H groups in total. The summed E-state index contributed by atoms with van der Waals surface area (Å²) in [7, 11) is 0. The van der Waals surface area contributed by atoms with E-state index >= 15 is 0 Å². The molecule has 0 spiro atoms. The maximum absolute atomic E-state index is 12.0. The van der Waals surface area contributed by atoms with Gasteiger partial charge in [-0.1, -0.05) is 39.0 Å². The molecule has 0 amide bonds. The molecule has 0 bridgehead atoms. The Bertz CT molecular complexity index is 1130. The minimum Gasteiger partial charge on any atom is -0.367 e. The minimum absolute atomic E-state index is 0.168. The second kappa shape index (κ2) is 6.01. The second-order valence-corrected chi connectivity index (χ2v) is 7.48. The van der Waals surface area contributed by atoms with Crippen molar-refractivity contribution in [1.82, 2.24) is 24.6 Å². The zero-order valence-electron chi connectivity index (χ0n) is 15.1. The molecule has 134 valence electrons. The molecular weight excluding hydrogens is 328 g/mol. The summed E-state index contributed by atoms with van der Waals surface area (Å²) in [6.07, 6.45) is 4.64. The Labute approximate surface area is 150 Å². The highest BCUT2D eigenvalue weighted by molar-refractivity contribution is 5.83. The van der Waals surface area contributed by atoms with Crippen LogP contribution in [0.2, 0.25) is 0 Å². The maximum atomic E-state index is 12.0. The molecule has 7 nitrogen and oxygen atoms in total. The first-order valence-electron chi connectivity index (χ1n) is 8.70.